The standard InChI is InChI=1S/C11H19N5O/c1-4-5-16(8-6-17-7-8)10-9(13-2)14-11(12)15(10)3/h4,8,13H,1,5-7H2,2-3H3,(H2,12,14). The quantitative estimate of drug-likeness (QED) is 0.727. The molecule has 0 bridgehead atoms. The highest BCUT2D eigenvalue weighted by molar-refractivity contribution is 5.66. The molecule has 1 aliphatic rings. The molecule has 1 aromatic rings. The molecule has 0 radical (unpaired) electrons. The Labute approximate surface area is 101 Å². The van der Waals surface area contributed by atoms with Crippen LogP contribution < -0.4 is 16.0 Å². The van der Waals surface area contributed by atoms with Gasteiger partial charge in [0.05, 0.1) is 19.3 Å². The second-order valence-electron chi connectivity index (χ2n) is 4.08. The van der Waals surface area contributed by atoms with Crippen molar-refractivity contribution in [2.24, 2.45) is 7.05 Å². The smallest absolute Gasteiger partial charge is 0.203 e. The number of nitrogens with two attached hydrogens (primary N) is 1. The lowest BCUT2D eigenvalue weighted by Gasteiger charge is -2.38. The fraction of sp³-hybridized carbons (Fsp3) is 0.545. The van der Waals surface area contributed by atoms with Gasteiger partial charge >= 0.3 is 0 Å². The van der Waals surface area contributed by atoms with Gasteiger partial charge in [0.1, 0.15) is 0 Å². The second-order valence-corrected chi connectivity index (χ2v) is 4.08. The first-order valence-electron chi connectivity index (χ1n) is 5.64. The summed E-state index contributed by atoms with van der Waals surface area (Å²) in [6.07, 6.45) is 1.88. The summed E-state index contributed by atoms with van der Waals surface area (Å²) < 4.78 is 7.13. The van der Waals surface area contributed by atoms with Crippen LogP contribution in [-0.2, 0) is 11.8 Å². The monoisotopic (exact) mass is 237 g/mol. The molecule has 94 valence electrons. The number of aromatic nitrogens is 2. The Hall–Kier alpha value is -1.69. The van der Waals surface area contributed by atoms with Gasteiger partial charge in [-0.25, -0.2) is 0 Å². The SMILES string of the molecule is C=CCN(c1c(NC)nc(N)n1C)C1COC1. The number of rotatable bonds is 5. The second kappa shape index (κ2) is 4.67. The summed E-state index contributed by atoms with van der Waals surface area (Å²) >= 11 is 0. The molecule has 0 amide bonds. The summed E-state index contributed by atoms with van der Waals surface area (Å²) in [5.74, 6) is 2.27. The Morgan fingerprint density at radius 2 is 2.41 bits per heavy atom. The molecule has 0 saturated carbocycles. The molecule has 6 nitrogen and oxygen atoms in total. The first kappa shape index (κ1) is 11.8. The van der Waals surface area contributed by atoms with E-state index >= 15 is 0 Å². The van der Waals surface area contributed by atoms with E-state index in [1.807, 2.05) is 24.7 Å². The largest absolute Gasteiger partial charge is 0.377 e. The van der Waals surface area contributed by atoms with Crippen LogP contribution in [0.4, 0.5) is 17.6 Å². The number of nitrogens with one attached hydrogen (secondary N) is 1. The molecule has 6 heteroatoms. The maximum absolute atomic E-state index is 5.84. The average Bonchev–Trinajstić information content (AvgIpc) is 2.52. The van der Waals surface area contributed by atoms with Crippen molar-refractivity contribution in [1.82, 2.24) is 9.55 Å². The van der Waals surface area contributed by atoms with Gasteiger partial charge in [0.15, 0.2) is 11.6 Å². The molecular formula is C11H19N5O. The van der Waals surface area contributed by atoms with Gasteiger partial charge in [-0.3, -0.25) is 4.57 Å². The molecule has 3 N–H and O–H groups in total. The van der Waals surface area contributed by atoms with Crippen LogP contribution in [-0.4, -0.2) is 42.4 Å². The van der Waals surface area contributed by atoms with Crippen LogP contribution in [0.2, 0.25) is 0 Å². The molecule has 0 unspecified atom stereocenters. The number of hydrogen-bond donors (Lipinski definition) is 2. The van der Waals surface area contributed by atoms with E-state index < -0.39 is 0 Å². The van der Waals surface area contributed by atoms with E-state index in [1.165, 1.54) is 0 Å². The van der Waals surface area contributed by atoms with Crippen LogP contribution in [0, 0.1) is 0 Å². The lowest BCUT2D eigenvalue weighted by molar-refractivity contribution is 0.00860. The highest BCUT2D eigenvalue weighted by atomic mass is 16.5. The zero-order valence-electron chi connectivity index (χ0n) is 10.3. The summed E-state index contributed by atoms with van der Waals surface area (Å²) in [6.45, 7) is 6.02. The van der Waals surface area contributed by atoms with Crippen LogP contribution in [0.5, 0.6) is 0 Å². The van der Waals surface area contributed by atoms with E-state index in [0.717, 1.165) is 31.4 Å². The molecular weight excluding hydrogens is 218 g/mol. The highest BCUT2D eigenvalue weighted by Gasteiger charge is 2.29. The summed E-state index contributed by atoms with van der Waals surface area (Å²) in [5, 5.41) is 3.07. The summed E-state index contributed by atoms with van der Waals surface area (Å²) in [4.78, 5) is 6.50. The third-order valence-corrected chi connectivity index (χ3v) is 3.00. The molecule has 1 aliphatic heterocycles. The summed E-state index contributed by atoms with van der Waals surface area (Å²) in [6, 6.07) is 0.370. The minimum Gasteiger partial charge on any atom is -0.377 e. The number of nitrogen functional groups attached to an aromatic ring is 1. The molecule has 0 spiro atoms. The number of nitrogens with zero attached hydrogens (tertiary/aromatic N) is 3. The van der Waals surface area contributed by atoms with Gasteiger partial charge in [-0.05, 0) is 0 Å². The van der Waals surface area contributed by atoms with Crippen molar-refractivity contribution in [2.45, 2.75) is 6.04 Å². The Balaban J connectivity index is 2.36. The van der Waals surface area contributed by atoms with Crippen molar-refractivity contribution in [1.29, 1.82) is 0 Å². The van der Waals surface area contributed by atoms with Crippen molar-refractivity contribution in [2.75, 3.05) is 42.8 Å². The first-order valence-corrected chi connectivity index (χ1v) is 5.64. The fourth-order valence-corrected chi connectivity index (χ4v) is 1.95. The van der Waals surface area contributed by atoms with Crippen LogP contribution >= 0.6 is 0 Å². The third kappa shape index (κ3) is 1.95. The molecule has 0 aliphatic carbocycles. The lowest BCUT2D eigenvalue weighted by Crippen LogP contribution is -2.50. The van der Waals surface area contributed by atoms with Gasteiger partial charge in [0.25, 0.3) is 0 Å². The minimum absolute atomic E-state index is 0.370. The van der Waals surface area contributed by atoms with Crippen molar-refractivity contribution in [3.63, 3.8) is 0 Å². The molecule has 1 aromatic heterocycles. The Kier molecular flexibility index (Phi) is 3.23. The normalized spacial score (nSPS) is 15.4. The van der Waals surface area contributed by atoms with E-state index in [0.29, 0.717) is 12.0 Å². The van der Waals surface area contributed by atoms with E-state index in [9.17, 15) is 0 Å². The Morgan fingerprint density at radius 3 is 2.88 bits per heavy atom. The predicted octanol–water partition coefficient (Wildman–Crippen LogP) is 0.435. The van der Waals surface area contributed by atoms with Crippen LogP contribution in [0.3, 0.4) is 0 Å². The van der Waals surface area contributed by atoms with Gasteiger partial charge in [0.2, 0.25) is 5.95 Å². The maximum atomic E-state index is 5.84. The molecule has 1 fully saturated rings. The van der Waals surface area contributed by atoms with Crippen molar-refractivity contribution < 1.29 is 4.74 Å². The number of hydrogen-bond acceptors (Lipinski definition) is 5. The number of imidazole rings is 1. The van der Waals surface area contributed by atoms with Gasteiger partial charge in [-0.15, -0.1) is 6.58 Å². The van der Waals surface area contributed by atoms with E-state index in [-0.39, 0.29) is 0 Å². The fourth-order valence-electron chi connectivity index (χ4n) is 1.95. The van der Waals surface area contributed by atoms with Crippen LogP contribution in [0.15, 0.2) is 12.7 Å². The summed E-state index contributed by atoms with van der Waals surface area (Å²) in [5.41, 5.74) is 5.84. The molecule has 2 rings (SSSR count). The maximum Gasteiger partial charge on any atom is 0.203 e. The van der Waals surface area contributed by atoms with Gasteiger partial charge in [-0.1, -0.05) is 6.08 Å². The zero-order valence-corrected chi connectivity index (χ0v) is 10.3. The number of anilines is 3. The summed E-state index contributed by atoms with van der Waals surface area (Å²) in [7, 11) is 3.75. The van der Waals surface area contributed by atoms with Crippen molar-refractivity contribution >= 4 is 17.6 Å². The molecule has 1 saturated heterocycles. The third-order valence-electron chi connectivity index (χ3n) is 3.00. The molecule has 2 heterocycles. The first-order chi connectivity index (χ1) is 8.19. The van der Waals surface area contributed by atoms with Crippen LogP contribution in [0.1, 0.15) is 0 Å². The van der Waals surface area contributed by atoms with E-state index in [1.54, 1.807) is 0 Å². The van der Waals surface area contributed by atoms with Gasteiger partial charge < -0.3 is 20.7 Å². The number of ether oxygens (including phenoxy) is 1. The Bertz CT molecular complexity index is 410. The topological polar surface area (TPSA) is 68.3 Å². The molecule has 17 heavy (non-hydrogen) atoms. The average molecular weight is 237 g/mol. The van der Waals surface area contributed by atoms with Crippen molar-refractivity contribution in [3.8, 4) is 0 Å². The van der Waals surface area contributed by atoms with Crippen molar-refractivity contribution in [3.05, 3.63) is 12.7 Å². The minimum atomic E-state index is 0.370. The lowest BCUT2D eigenvalue weighted by atomic mass is 10.2. The molecule has 0 atom stereocenters. The highest BCUT2D eigenvalue weighted by Crippen LogP contribution is 2.30. The predicted molar refractivity (Wildman–Crippen MR) is 69.3 cm³/mol. The molecule has 0 aromatic carbocycles. The van der Waals surface area contributed by atoms with E-state index in [2.05, 4.69) is 21.8 Å². The van der Waals surface area contributed by atoms with Gasteiger partial charge in [0, 0.05) is 20.6 Å². The van der Waals surface area contributed by atoms with Crippen LogP contribution in [0.25, 0.3) is 0 Å². The Morgan fingerprint density at radius 1 is 1.71 bits per heavy atom. The zero-order chi connectivity index (χ0) is 12.4. The van der Waals surface area contributed by atoms with E-state index in [4.69, 9.17) is 10.5 Å². The van der Waals surface area contributed by atoms with Gasteiger partial charge in [-0.2, -0.15) is 4.98 Å².